The van der Waals surface area contributed by atoms with Crippen molar-refractivity contribution in [2.45, 2.75) is 4.90 Å². The number of halogens is 1. The van der Waals surface area contributed by atoms with E-state index in [0.29, 0.717) is 0 Å². The van der Waals surface area contributed by atoms with Gasteiger partial charge in [0.1, 0.15) is 0 Å². The molecule has 2 aromatic rings. The molecule has 1 heterocycles. The van der Waals surface area contributed by atoms with Gasteiger partial charge in [-0.05, 0) is 12.1 Å². The molecular weight excluding hydrogens is 222 g/mol. The van der Waals surface area contributed by atoms with Crippen LogP contribution in [0.3, 0.4) is 0 Å². The molecule has 0 radical (unpaired) electrons. The first kappa shape index (κ1) is 7.25. The Hall–Kier alpha value is -0.410. The first-order chi connectivity index (χ1) is 5.29. The van der Waals surface area contributed by atoms with E-state index in [-0.39, 0.29) is 0 Å². The van der Waals surface area contributed by atoms with Gasteiger partial charge in [-0.2, -0.15) is 0 Å². The van der Waals surface area contributed by atoms with Crippen LogP contribution in [0.5, 0.6) is 0 Å². The van der Waals surface area contributed by atoms with Gasteiger partial charge < -0.3 is 4.98 Å². The van der Waals surface area contributed by atoms with E-state index in [0.717, 1.165) is 20.3 Å². The Morgan fingerprint density at radius 3 is 2.91 bits per heavy atom. The smallest absolute Gasteiger partial charge is 0.0476 e. The quantitative estimate of drug-likeness (QED) is 0.644. The third-order valence-corrected chi connectivity index (χ3v) is 2.65. The molecule has 1 N–H and O–H groups in total. The van der Waals surface area contributed by atoms with E-state index in [1.54, 1.807) is 0 Å². The Morgan fingerprint density at radius 2 is 2.18 bits per heavy atom. The van der Waals surface area contributed by atoms with E-state index in [1.807, 2.05) is 24.4 Å². The van der Waals surface area contributed by atoms with Gasteiger partial charge in [0.15, 0.2) is 0 Å². The van der Waals surface area contributed by atoms with Gasteiger partial charge in [-0.15, -0.1) is 12.6 Å². The molecule has 0 aliphatic heterocycles. The molecule has 56 valence electrons. The topological polar surface area (TPSA) is 15.8 Å². The molecule has 0 amide bonds. The molecule has 0 bridgehead atoms. The lowest BCUT2D eigenvalue weighted by Crippen LogP contribution is -1.68. The summed E-state index contributed by atoms with van der Waals surface area (Å²) in [6.45, 7) is 0. The number of nitrogens with one attached hydrogen (secondary N) is 1. The number of hydrogen-bond donors (Lipinski definition) is 2. The predicted octanol–water partition coefficient (Wildman–Crippen LogP) is 3.22. The number of thiol groups is 1. The zero-order valence-corrected chi connectivity index (χ0v) is 8.12. The maximum atomic E-state index is 4.31. The van der Waals surface area contributed by atoms with Gasteiger partial charge in [0.2, 0.25) is 0 Å². The van der Waals surface area contributed by atoms with Crippen LogP contribution < -0.4 is 0 Å². The van der Waals surface area contributed by atoms with Crippen LogP contribution in [0, 0.1) is 0 Å². The monoisotopic (exact) mass is 227 g/mol. The van der Waals surface area contributed by atoms with Crippen molar-refractivity contribution < 1.29 is 0 Å². The van der Waals surface area contributed by atoms with Crippen molar-refractivity contribution in [2.75, 3.05) is 0 Å². The van der Waals surface area contributed by atoms with Crippen LogP contribution in [0.1, 0.15) is 0 Å². The lowest BCUT2D eigenvalue weighted by atomic mass is 10.2. The lowest BCUT2D eigenvalue weighted by molar-refractivity contribution is 1.42. The van der Waals surface area contributed by atoms with Crippen molar-refractivity contribution in [1.29, 1.82) is 0 Å². The summed E-state index contributed by atoms with van der Waals surface area (Å²) in [4.78, 5) is 4.10. The average Bonchev–Trinajstić information content (AvgIpc) is 2.34. The summed E-state index contributed by atoms with van der Waals surface area (Å²) in [6.07, 6.45) is 1.89. The molecule has 11 heavy (non-hydrogen) atoms. The second kappa shape index (κ2) is 2.57. The van der Waals surface area contributed by atoms with Gasteiger partial charge in [0.05, 0.1) is 0 Å². The number of rotatable bonds is 0. The summed E-state index contributed by atoms with van der Waals surface area (Å²) in [5.41, 5.74) is 1.12. The van der Waals surface area contributed by atoms with Crippen LogP contribution in [0.25, 0.3) is 10.9 Å². The second-order valence-electron chi connectivity index (χ2n) is 2.34. The van der Waals surface area contributed by atoms with Crippen LogP contribution in [0.15, 0.2) is 33.8 Å². The van der Waals surface area contributed by atoms with Crippen LogP contribution in [-0.2, 0) is 0 Å². The largest absolute Gasteiger partial charge is 0.360 e. The number of fused-ring (bicyclic) bond motifs is 1. The summed E-state index contributed by atoms with van der Waals surface area (Å²) in [7, 11) is 0. The zero-order valence-electron chi connectivity index (χ0n) is 5.63. The predicted molar refractivity (Wildman–Crippen MR) is 53.3 cm³/mol. The SMILES string of the molecule is Sc1c[nH]c2cccc(Br)c12. The number of benzene rings is 1. The Labute approximate surface area is 78.3 Å². The molecule has 1 aromatic carbocycles. The van der Waals surface area contributed by atoms with Gasteiger partial charge >= 0.3 is 0 Å². The van der Waals surface area contributed by atoms with E-state index in [9.17, 15) is 0 Å². The maximum Gasteiger partial charge on any atom is 0.0476 e. The lowest BCUT2D eigenvalue weighted by Gasteiger charge is -1.93. The number of hydrogen-bond acceptors (Lipinski definition) is 1. The summed E-state index contributed by atoms with van der Waals surface area (Å²) >= 11 is 7.77. The number of H-pyrrole nitrogens is 1. The third kappa shape index (κ3) is 1.08. The van der Waals surface area contributed by atoms with Gasteiger partial charge in [0.25, 0.3) is 0 Å². The fourth-order valence-corrected chi connectivity index (χ4v) is 2.16. The van der Waals surface area contributed by atoms with Crippen molar-refractivity contribution in [2.24, 2.45) is 0 Å². The molecule has 0 saturated carbocycles. The summed E-state index contributed by atoms with van der Waals surface area (Å²) < 4.78 is 1.08. The van der Waals surface area contributed by atoms with E-state index < -0.39 is 0 Å². The zero-order chi connectivity index (χ0) is 7.84. The highest BCUT2D eigenvalue weighted by Gasteiger charge is 2.01. The van der Waals surface area contributed by atoms with Gasteiger partial charge in [-0.25, -0.2) is 0 Å². The molecule has 0 unspecified atom stereocenters. The minimum atomic E-state index is 0.979. The summed E-state index contributed by atoms with van der Waals surface area (Å²) in [5, 5.41) is 1.15. The molecule has 0 saturated heterocycles. The second-order valence-corrected chi connectivity index (χ2v) is 3.67. The van der Waals surface area contributed by atoms with E-state index >= 15 is 0 Å². The van der Waals surface area contributed by atoms with E-state index in [2.05, 4.69) is 33.5 Å². The standard InChI is InChI=1S/C8H6BrNS/c9-5-2-1-3-6-8(5)7(11)4-10-6/h1-4,10-11H. The van der Waals surface area contributed by atoms with E-state index in [4.69, 9.17) is 0 Å². The molecule has 0 aliphatic carbocycles. The molecule has 1 nitrogen and oxygen atoms in total. The fourth-order valence-electron chi connectivity index (χ4n) is 1.12. The maximum absolute atomic E-state index is 4.31. The van der Waals surface area contributed by atoms with Crippen molar-refractivity contribution in [3.63, 3.8) is 0 Å². The molecule has 0 fully saturated rings. The number of aromatic amines is 1. The van der Waals surface area contributed by atoms with Crippen molar-refractivity contribution >= 4 is 39.5 Å². The molecule has 3 heteroatoms. The fraction of sp³-hybridized carbons (Fsp3) is 0. The van der Waals surface area contributed by atoms with Crippen LogP contribution >= 0.6 is 28.6 Å². The van der Waals surface area contributed by atoms with Gasteiger partial charge in [0, 0.05) is 26.5 Å². The normalized spacial score (nSPS) is 10.7. The molecule has 1 aromatic heterocycles. The molecule has 0 aliphatic rings. The van der Waals surface area contributed by atoms with Crippen molar-refractivity contribution in [3.8, 4) is 0 Å². The number of aromatic nitrogens is 1. The Bertz CT molecular complexity index is 394. The van der Waals surface area contributed by atoms with Crippen LogP contribution in [-0.4, -0.2) is 4.98 Å². The Morgan fingerprint density at radius 1 is 1.36 bits per heavy atom. The summed E-state index contributed by atoms with van der Waals surface area (Å²) in [5.74, 6) is 0. The van der Waals surface area contributed by atoms with Crippen molar-refractivity contribution in [3.05, 3.63) is 28.9 Å². The Balaban J connectivity index is 2.96. The minimum absolute atomic E-state index is 0.979. The van der Waals surface area contributed by atoms with Gasteiger partial charge in [-0.3, -0.25) is 0 Å². The highest BCUT2D eigenvalue weighted by Crippen LogP contribution is 2.28. The van der Waals surface area contributed by atoms with Crippen molar-refractivity contribution in [1.82, 2.24) is 4.98 Å². The van der Waals surface area contributed by atoms with E-state index in [1.165, 1.54) is 0 Å². The minimum Gasteiger partial charge on any atom is -0.360 e. The highest BCUT2D eigenvalue weighted by molar-refractivity contribution is 9.10. The highest BCUT2D eigenvalue weighted by atomic mass is 79.9. The molecule has 0 atom stereocenters. The molecule has 2 rings (SSSR count). The first-order valence-electron chi connectivity index (χ1n) is 3.23. The summed E-state index contributed by atoms with van der Waals surface area (Å²) in [6, 6.07) is 6.03. The average molecular weight is 228 g/mol. The third-order valence-electron chi connectivity index (χ3n) is 1.63. The molecule has 0 spiro atoms. The van der Waals surface area contributed by atoms with Crippen LogP contribution in [0.4, 0.5) is 0 Å². The first-order valence-corrected chi connectivity index (χ1v) is 4.47. The molecular formula is C8H6BrNS. The Kier molecular flexibility index (Phi) is 1.69. The van der Waals surface area contributed by atoms with Crippen LogP contribution in [0.2, 0.25) is 0 Å². The van der Waals surface area contributed by atoms with Gasteiger partial charge in [-0.1, -0.05) is 22.0 Å².